The van der Waals surface area contributed by atoms with E-state index in [1.165, 1.54) is 71.9 Å². The number of allylic oxidation sites excluding steroid dienone is 8. The lowest BCUT2D eigenvalue weighted by molar-refractivity contribution is 0.660. The number of aromatic nitrogens is 2. The molecule has 2 heterocycles. The Morgan fingerprint density at radius 3 is 2.14 bits per heavy atom. The van der Waals surface area contributed by atoms with E-state index >= 15 is 0 Å². The van der Waals surface area contributed by atoms with Crippen LogP contribution in [0, 0.1) is 0 Å². The fourth-order valence-corrected chi connectivity index (χ4v) is 9.78. The third-order valence-corrected chi connectivity index (χ3v) is 12.8. The first-order valence-corrected chi connectivity index (χ1v) is 21.0. The van der Waals surface area contributed by atoms with Gasteiger partial charge in [-0.05, 0) is 136 Å². The molecule has 6 aromatic carbocycles. The third kappa shape index (κ3) is 5.91. The molecule has 2 aromatic heterocycles. The van der Waals surface area contributed by atoms with Crippen molar-refractivity contribution in [1.29, 1.82) is 0 Å². The van der Waals surface area contributed by atoms with Crippen molar-refractivity contribution in [2.45, 2.75) is 44.4 Å². The Morgan fingerprint density at radius 2 is 1.34 bits per heavy atom. The Balaban J connectivity index is 1.23. The fourth-order valence-electron chi connectivity index (χ4n) is 9.78. The molecule has 0 bridgehead atoms. The Hall–Kier alpha value is -6.97. The van der Waals surface area contributed by atoms with Gasteiger partial charge in [0.2, 0.25) is 0 Å². The average Bonchev–Trinajstić information content (AvgIpc) is 3.75. The van der Waals surface area contributed by atoms with Crippen molar-refractivity contribution in [3.8, 4) is 33.4 Å². The van der Waals surface area contributed by atoms with E-state index in [1.807, 2.05) is 12.4 Å². The molecule has 3 heteroatoms. The van der Waals surface area contributed by atoms with Gasteiger partial charge in [0.15, 0.2) is 0 Å². The highest BCUT2D eigenvalue weighted by Crippen LogP contribution is 2.51. The standard InChI is InChI=1S/C56H45N3/c1-56(2)52-21-13-12-20-47(52)48-28-27-46(37-53(48)56)58(45-25-22-40(23-26-45)41-30-32-57-33-31-41)59-54-29-24-43(38-14-6-3-7-15-38)34-50(54)51-36-44(39-16-8-4-9-17-39)35-49(55(51)59)42-18-10-5-11-19-42/h3-4,6-10,12-16,18-37,39H,5,11,17H2,1-2H3. The van der Waals surface area contributed by atoms with Crippen LogP contribution >= 0.6 is 0 Å². The molecule has 0 saturated heterocycles. The maximum Gasteiger partial charge on any atom is 0.0794 e. The van der Waals surface area contributed by atoms with Crippen LogP contribution in [0.4, 0.5) is 11.4 Å². The van der Waals surface area contributed by atoms with Gasteiger partial charge in [-0.15, -0.1) is 0 Å². The van der Waals surface area contributed by atoms with Crippen LogP contribution < -0.4 is 5.01 Å². The van der Waals surface area contributed by atoms with Crippen LogP contribution in [0.1, 0.15) is 61.3 Å². The van der Waals surface area contributed by atoms with E-state index in [4.69, 9.17) is 0 Å². The predicted octanol–water partition coefficient (Wildman–Crippen LogP) is 14.8. The zero-order chi connectivity index (χ0) is 39.5. The minimum atomic E-state index is -0.149. The molecule has 11 rings (SSSR count). The molecule has 3 nitrogen and oxygen atoms in total. The van der Waals surface area contributed by atoms with Crippen LogP contribution in [0.5, 0.6) is 0 Å². The number of rotatable bonds is 7. The van der Waals surface area contributed by atoms with Crippen molar-refractivity contribution >= 4 is 38.8 Å². The second-order valence-electron chi connectivity index (χ2n) is 16.7. The predicted molar refractivity (Wildman–Crippen MR) is 248 cm³/mol. The van der Waals surface area contributed by atoms with Gasteiger partial charge in [0.25, 0.3) is 0 Å². The van der Waals surface area contributed by atoms with Crippen LogP contribution in [-0.4, -0.2) is 9.66 Å². The highest BCUT2D eigenvalue weighted by atomic mass is 15.6. The van der Waals surface area contributed by atoms with Crippen molar-refractivity contribution in [3.63, 3.8) is 0 Å². The van der Waals surface area contributed by atoms with Gasteiger partial charge in [0.1, 0.15) is 0 Å². The first kappa shape index (κ1) is 35.2. The Bertz CT molecular complexity index is 3030. The molecule has 0 saturated carbocycles. The highest BCUT2D eigenvalue weighted by molar-refractivity contribution is 6.14. The van der Waals surface area contributed by atoms with E-state index in [1.54, 1.807) is 0 Å². The average molecular weight is 760 g/mol. The van der Waals surface area contributed by atoms with E-state index in [0.29, 0.717) is 5.92 Å². The van der Waals surface area contributed by atoms with E-state index < -0.39 is 0 Å². The Labute approximate surface area is 346 Å². The number of nitrogens with zero attached hydrogens (tertiary/aromatic N) is 3. The van der Waals surface area contributed by atoms with Crippen molar-refractivity contribution in [2.24, 2.45) is 0 Å². The van der Waals surface area contributed by atoms with Crippen LogP contribution in [0.3, 0.4) is 0 Å². The van der Waals surface area contributed by atoms with Crippen LogP contribution in [0.2, 0.25) is 0 Å². The quantitative estimate of drug-likeness (QED) is 0.161. The Morgan fingerprint density at radius 1 is 0.593 bits per heavy atom. The number of hydrogen-bond acceptors (Lipinski definition) is 2. The van der Waals surface area contributed by atoms with Gasteiger partial charge < -0.3 is 0 Å². The summed E-state index contributed by atoms with van der Waals surface area (Å²) < 4.78 is 2.52. The smallest absolute Gasteiger partial charge is 0.0794 e. The van der Waals surface area contributed by atoms with Gasteiger partial charge in [-0.3, -0.25) is 4.98 Å². The van der Waals surface area contributed by atoms with Crippen LogP contribution in [-0.2, 0) is 5.41 Å². The van der Waals surface area contributed by atoms with E-state index in [9.17, 15) is 0 Å². The van der Waals surface area contributed by atoms with E-state index in [2.05, 4.69) is 211 Å². The zero-order valence-electron chi connectivity index (χ0n) is 33.5. The minimum Gasteiger partial charge on any atom is -0.265 e. The molecule has 0 spiro atoms. The van der Waals surface area contributed by atoms with Gasteiger partial charge in [-0.25, -0.2) is 9.69 Å². The van der Waals surface area contributed by atoms with Gasteiger partial charge in [-0.1, -0.05) is 135 Å². The molecule has 1 unspecified atom stereocenters. The summed E-state index contributed by atoms with van der Waals surface area (Å²) in [4.78, 5) is 4.28. The largest absolute Gasteiger partial charge is 0.265 e. The van der Waals surface area contributed by atoms with Gasteiger partial charge in [-0.2, -0.15) is 0 Å². The first-order valence-electron chi connectivity index (χ1n) is 21.0. The summed E-state index contributed by atoms with van der Waals surface area (Å²) >= 11 is 0. The molecular formula is C56H45N3. The summed E-state index contributed by atoms with van der Waals surface area (Å²) in [5.74, 6) is 0.310. The number of fused-ring (bicyclic) bond motifs is 6. The molecule has 3 aliphatic rings. The summed E-state index contributed by atoms with van der Waals surface area (Å²) in [5.41, 5.74) is 18.4. The number of pyridine rings is 1. The molecule has 0 radical (unpaired) electrons. The molecule has 1 atom stereocenters. The minimum absolute atomic E-state index is 0.149. The van der Waals surface area contributed by atoms with Crippen molar-refractivity contribution < 1.29 is 0 Å². The molecular weight excluding hydrogens is 715 g/mol. The molecule has 284 valence electrons. The molecule has 0 amide bonds. The lowest BCUT2D eigenvalue weighted by Gasteiger charge is -2.31. The third-order valence-electron chi connectivity index (χ3n) is 12.8. The lowest BCUT2D eigenvalue weighted by Crippen LogP contribution is -2.25. The summed E-state index contributed by atoms with van der Waals surface area (Å²) in [5, 5.41) is 4.98. The van der Waals surface area contributed by atoms with Crippen molar-refractivity contribution in [1.82, 2.24) is 9.66 Å². The van der Waals surface area contributed by atoms with Crippen LogP contribution in [0.25, 0.3) is 60.8 Å². The van der Waals surface area contributed by atoms with Crippen molar-refractivity contribution in [2.75, 3.05) is 5.01 Å². The molecule has 0 aliphatic heterocycles. The summed E-state index contributed by atoms with van der Waals surface area (Å²) in [6.07, 6.45) is 23.0. The maximum atomic E-state index is 4.28. The summed E-state index contributed by atoms with van der Waals surface area (Å²) in [6, 6.07) is 52.1. The topological polar surface area (TPSA) is 21.1 Å². The molecule has 59 heavy (non-hydrogen) atoms. The van der Waals surface area contributed by atoms with Gasteiger partial charge in [0, 0.05) is 40.1 Å². The van der Waals surface area contributed by atoms with Crippen molar-refractivity contribution in [3.05, 3.63) is 217 Å². The van der Waals surface area contributed by atoms with Crippen LogP contribution in [0.15, 0.2) is 194 Å². The van der Waals surface area contributed by atoms with Gasteiger partial charge >= 0.3 is 0 Å². The fraction of sp³-hybridized carbons (Fsp3) is 0.125. The molecule has 3 aliphatic carbocycles. The van der Waals surface area contributed by atoms with E-state index in [-0.39, 0.29) is 5.41 Å². The summed E-state index contributed by atoms with van der Waals surface area (Å²) in [7, 11) is 0. The Kier molecular flexibility index (Phi) is 8.44. The number of benzene rings is 6. The summed E-state index contributed by atoms with van der Waals surface area (Å²) in [6.45, 7) is 4.74. The van der Waals surface area contributed by atoms with Gasteiger partial charge in [0.05, 0.1) is 22.4 Å². The monoisotopic (exact) mass is 759 g/mol. The first-order chi connectivity index (χ1) is 29.0. The number of hydrogen-bond donors (Lipinski definition) is 0. The molecule has 0 N–H and O–H groups in total. The lowest BCUT2D eigenvalue weighted by atomic mass is 9.82. The molecule has 8 aromatic rings. The van der Waals surface area contributed by atoms with E-state index in [0.717, 1.165) is 41.8 Å². The normalized spacial score (nSPS) is 16.3. The highest BCUT2D eigenvalue weighted by Gasteiger charge is 2.36. The molecule has 0 fully saturated rings. The second kappa shape index (κ2) is 14.1. The second-order valence-corrected chi connectivity index (χ2v) is 16.7. The zero-order valence-corrected chi connectivity index (χ0v) is 33.5. The maximum absolute atomic E-state index is 4.28. The SMILES string of the molecule is CC1(C)c2ccccc2-c2ccc(N(c3ccc(-c4ccncc4)cc3)n3c4ccc(-c5ccccc5)cc4c4cc(C5C=CC=CC5)cc(C5=CCCC=C5)c43)cc21. The number of anilines is 2.